The minimum atomic E-state index is -0.460. The van der Waals surface area contributed by atoms with Crippen LogP contribution in [0, 0.1) is 0 Å². The average Bonchev–Trinajstić information content (AvgIpc) is 2.91. The molecule has 0 bridgehead atoms. The van der Waals surface area contributed by atoms with E-state index in [0.29, 0.717) is 48.8 Å². The number of carbonyl (C=O) groups excluding carboxylic acids is 3. The van der Waals surface area contributed by atoms with Gasteiger partial charge in [-0.25, -0.2) is 4.79 Å². The maximum Gasteiger partial charge on any atom is 0.338 e. The molecule has 0 saturated carbocycles. The van der Waals surface area contributed by atoms with Gasteiger partial charge in [0.25, 0.3) is 5.91 Å². The molecule has 1 fully saturated rings. The number of likely N-dealkylation sites (tertiary alicyclic amines) is 1. The molecule has 0 unspecified atom stereocenters. The summed E-state index contributed by atoms with van der Waals surface area (Å²) in [6.07, 6.45) is 0.238. The quantitative estimate of drug-likeness (QED) is 0.219. The van der Waals surface area contributed by atoms with Crippen LogP contribution in [0.2, 0.25) is 5.02 Å². The van der Waals surface area contributed by atoms with Crippen LogP contribution >= 0.6 is 11.6 Å². The van der Waals surface area contributed by atoms with Crippen molar-refractivity contribution in [3.63, 3.8) is 0 Å². The third kappa shape index (κ3) is 7.81. The zero-order valence-electron chi connectivity index (χ0n) is 21.6. The first-order chi connectivity index (χ1) is 18.2. The monoisotopic (exact) mass is 548 g/mol. The second-order valence-electron chi connectivity index (χ2n) is 8.71. The lowest BCUT2D eigenvalue weighted by Crippen LogP contribution is -2.55. The van der Waals surface area contributed by atoms with E-state index in [0.717, 1.165) is 0 Å². The molecule has 2 atom stereocenters. The first kappa shape index (κ1) is 29.2. The summed E-state index contributed by atoms with van der Waals surface area (Å²) >= 11 is 6.10. The molecule has 4 N–H and O–H groups in total. The van der Waals surface area contributed by atoms with E-state index in [1.165, 1.54) is 26.4 Å². The van der Waals surface area contributed by atoms with E-state index < -0.39 is 5.97 Å². The summed E-state index contributed by atoms with van der Waals surface area (Å²) < 4.78 is 20.8. The number of esters is 1. The lowest BCUT2D eigenvalue weighted by Gasteiger charge is -2.37. The second-order valence-corrected chi connectivity index (χ2v) is 9.11. The molecule has 1 aliphatic rings. The molecular weight excluding hydrogens is 516 g/mol. The summed E-state index contributed by atoms with van der Waals surface area (Å²) in [5.41, 5.74) is 7.34. The van der Waals surface area contributed by atoms with Crippen molar-refractivity contribution in [3.8, 4) is 5.75 Å². The van der Waals surface area contributed by atoms with Crippen molar-refractivity contribution in [2.45, 2.75) is 18.6 Å². The number of nitrogens with zero attached hydrogens (tertiary/aromatic N) is 1. The Balaban J connectivity index is 1.52. The summed E-state index contributed by atoms with van der Waals surface area (Å²) in [5.74, 6) is -0.700. The number of nitrogens with two attached hydrogens (primary N) is 1. The number of amides is 2. The number of hydrogen-bond donors (Lipinski definition) is 3. The Hall–Kier alpha value is -3.38. The van der Waals surface area contributed by atoms with Gasteiger partial charge in [0.15, 0.2) is 0 Å². The normalized spacial score (nSPS) is 17.5. The smallest absolute Gasteiger partial charge is 0.338 e. The van der Waals surface area contributed by atoms with Crippen molar-refractivity contribution in [1.29, 1.82) is 0 Å². The van der Waals surface area contributed by atoms with Crippen molar-refractivity contribution >= 4 is 40.8 Å². The molecule has 12 heteroatoms. The number of ether oxygens (including phenoxy) is 4. The van der Waals surface area contributed by atoms with E-state index in [1.54, 1.807) is 31.4 Å². The highest BCUT2D eigenvalue weighted by Crippen LogP contribution is 2.29. The highest BCUT2D eigenvalue weighted by atomic mass is 35.5. The summed E-state index contributed by atoms with van der Waals surface area (Å²) in [4.78, 5) is 39.5. The Bertz CT molecular complexity index is 1130. The van der Waals surface area contributed by atoms with Crippen molar-refractivity contribution in [2.75, 3.05) is 65.2 Å². The Morgan fingerprint density at radius 3 is 2.50 bits per heavy atom. The van der Waals surface area contributed by atoms with Crippen LogP contribution in [0.5, 0.6) is 5.75 Å². The largest absolute Gasteiger partial charge is 0.496 e. The Morgan fingerprint density at radius 1 is 1.11 bits per heavy atom. The summed E-state index contributed by atoms with van der Waals surface area (Å²) in [6, 6.07) is 9.16. The van der Waals surface area contributed by atoms with Crippen molar-refractivity contribution in [2.24, 2.45) is 0 Å². The number of anilines is 2. The van der Waals surface area contributed by atoms with E-state index in [1.807, 2.05) is 4.90 Å². The van der Waals surface area contributed by atoms with Crippen molar-refractivity contribution in [1.82, 2.24) is 10.2 Å². The number of hydrogen-bond acceptors (Lipinski definition) is 9. The van der Waals surface area contributed by atoms with Crippen LogP contribution in [0.15, 0.2) is 36.4 Å². The molecule has 206 valence electrons. The topological polar surface area (TPSA) is 141 Å². The average molecular weight is 549 g/mol. The van der Waals surface area contributed by atoms with Crippen LogP contribution in [-0.4, -0.2) is 89.0 Å². The van der Waals surface area contributed by atoms with Crippen LogP contribution in [0.25, 0.3) is 0 Å². The fourth-order valence-electron chi connectivity index (χ4n) is 4.08. The number of carbonyl (C=O) groups is 3. The Kier molecular flexibility index (Phi) is 10.7. The van der Waals surface area contributed by atoms with Gasteiger partial charge in [-0.2, -0.15) is 0 Å². The number of halogens is 1. The van der Waals surface area contributed by atoms with Gasteiger partial charge in [-0.05, 0) is 36.8 Å². The molecule has 3 rings (SSSR count). The Labute approximate surface area is 226 Å². The van der Waals surface area contributed by atoms with Crippen molar-refractivity contribution in [3.05, 3.63) is 52.5 Å². The maximum atomic E-state index is 13.0. The number of nitrogens with one attached hydrogen (secondary N) is 2. The van der Waals surface area contributed by atoms with Crippen LogP contribution in [-0.2, 0) is 19.0 Å². The third-order valence-electron chi connectivity index (χ3n) is 6.12. The predicted molar refractivity (Wildman–Crippen MR) is 143 cm³/mol. The highest BCUT2D eigenvalue weighted by Gasteiger charge is 2.32. The molecule has 0 radical (unpaired) electrons. The standard InChI is InChI=1S/C26H33ClN4O7/c1-35-10-11-38-26(34)16-4-6-17(7-5-16)29-24(32)15-31-9-8-21(23(14-31)37-3)30-25(33)18-12-19(27)20(28)13-22(18)36-2/h4-7,12-13,21,23H,8-11,14-15,28H2,1-3H3,(H,29,32)(H,30,33)/t21-,23+/m1/s1. The number of methoxy groups -OCH3 is 3. The molecule has 38 heavy (non-hydrogen) atoms. The molecule has 2 aromatic rings. The predicted octanol–water partition coefficient (Wildman–Crippen LogP) is 2.19. The van der Waals surface area contributed by atoms with E-state index >= 15 is 0 Å². The van der Waals surface area contributed by atoms with Gasteiger partial charge < -0.3 is 35.3 Å². The Morgan fingerprint density at radius 2 is 1.84 bits per heavy atom. The minimum absolute atomic E-state index is 0.142. The fraction of sp³-hybridized carbons (Fsp3) is 0.423. The van der Waals surface area contributed by atoms with Gasteiger partial charge in [-0.1, -0.05) is 11.6 Å². The highest BCUT2D eigenvalue weighted by molar-refractivity contribution is 6.33. The van der Waals surface area contributed by atoms with Gasteiger partial charge in [0.1, 0.15) is 12.4 Å². The van der Waals surface area contributed by atoms with Gasteiger partial charge in [-0.15, -0.1) is 0 Å². The van der Waals surface area contributed by atoms with Gasteiger partial charge in [-0.3, -0.25) is 14.5 Å². The molecule has 2 amide bonds. The first-order valence-electron chi connectivity index (χ1n) is 12.0. The number of benzene rings is 2. The molecule has 0 aliphatic carbocycles. The van der Waals surface area contributed by atoms with Crippen LogP contribution in [0.1, 0.15) is 27.1 Å². The zero-order chi connectivity index (χ0) is 27.7. The maximum absolute atomic E-state index is 13.0. The van der Waals surface area contributed by atoms with E-state index in [2.05, 4.69) is 10.6 Å². The van der Waals surface area contributed by atoms with Crippen LogP contribution in [0.3, 0.4) is 0 Å². The van der Waals surface area contributed by atoms with Crippen LogP contribution in [0.4, 0.5) is 11.4 Å². The van der Waals surface area contributed by atoms with Gasteiger partial charge >= 0.3 is 5.97 Å². The minimum Gasteiger partial charge on any atom is -0.496 e. The molecular formula is C26H33ClN4O7. The SMILES string of the molecule is COCCOC(=O)c1ccc(NC(=O)CN2CC[C@@H](NC(=O)c3cc(Cl)c(N)cc3OC)[C@@H](OC)C2)cc1. The lowest BCUT2D eigenvalue weighted by atomic mass is 10.0. The number of nitrogen functional groups attached to an aromatic ring is 1. The van der Waals surface area contributed by atoms with Crippen LogP contribution < -0.4 is 21.1 Å². The summed E-state index contributed by atoms with van der Waals surface area (Å²) in [5, 5.41) is 6.08. The molecule has 2 aromatic carbocycles. The zero-order valence-corrected chi connectivity index (χ0v) is 22.4. The van der Waals surface area contributed by atoms with Gasteiger partial charge in [0.2, 0.25) is 5.91 Å². The molecule has 11 nitrogen and oxygen atoms in total. The summed E-state index contributed by atoms with van der Waals surface area (Å²) in [7, 11) is 4.54. The van der Waals surface area contributed by atoms with E-state index in [-0.39, 0.29) is 47.7 Å². The van der Waals surface area contributed by atoms with Gasteiger partial charge in [0.05, 0.1) is 54.2 Å². The van der Waals surface area contributed by atoms with Gasteiger partial charge in [0, 0.05) is 39.1 Å². The first-order valence-corrected chi connectivity index (χ1v) is 12.4. The van der Waals surface area contributed by atoms with Crippen molar-refractivity contribution < 1.29 is 33.3 Å². The molecule has 0 spiro atoms. The number of rotatable bonds is 11. The molecule has 1 aliphatic heterocycles. The van der Waals surface area contributed by atoms with E-state index in [9.17, 15) is 14.4 Å². The fourth-order valence-corrected chi connectivity index (χ4v) is 4.25. The third-order valence-corrected chi connectivity index (χ3v) is 6.45. The second kappa shape index (κ2) is 14.0. The molecule has 1 saturated heterocycles. The summed E-state index contributed by atoms with van der Waals surface area (Å²) in [6.45, 7) is 1.65. The lowest BCUT2D eigenvalue weighted by molar-refractivity contribution is -0.118. The van der Waals surface area contributed by atoms with E-state index in [4.69, 9.17) is 36.3 Å². The molecule has 0 aromatic heterocycles. The molecule has 1 heterocycles. The number of piperidine rings is 1.